The number of aryl methyl sites for hydroxylation is 1. The first kappa shape index (κ1) is 17.9. The second-order valence-corrected chi connectivity index (χ2v) is 5.88. The van der Waals surface area contributed by atoms with E-state index in [2.05, 4.69) is 20.6 Å². The zero-order valence-corrected chi connectivity index (χ0v) is 14.7. The predicted molar refractivity (Wildman–Crippen MR) is 97.7 cm³/mol. The zero-order chi connectivity index (χ0) is 18.7. The van der Waals surface area contributed by atoms with E-state index in [4.69, 9.17) is 16.3 Å². The fourth-order valence-electron chi connectivity index (χ4n) is 2.31. The molecule has 26 heavy (non-hydrogen) atoms. The fourth-order valence-corrected chi connectivity index (χ4v) is 2.48. The van der Waals surface area contributed by atoms with Crippen LogP contribution in [0.4, 0.5) is 31.9 Å². The molecule has 2 N–H and O–H groups in total. The van der Waals surface area contributed by atoms with Crippen LogP contribution in [0.1, 0.15) is 5.69 Å². The Labute approximate surface area is 154 Å². The molecule has 0 spiro atoms. The summed E-state index contributed by atoms with van der Waals surface area (Å²) >= 11 is 6.03. The molecule has 0 atom stereocenters. The first-order chi connectivity index (χ1) is 12.4. The van der Waals surface area contributed by atoms with Crippen LogP contribution in [0.5, 0.6) is 5.75 Å². The summed E-state index contributed by atoms with van der Waals surface area (Å²) in [6.45, 7) is 1.79. The molecule has 8 heteroatoms. The molecule has 0 amide bonds. The molecular formula is C18H15ClF2N4O. The van der Waals surface area contributed by atoms with E-state index in [0.29, 0.717) is 33.7 Å². The molecule has 0 saturated carbocycles. The summed E-state index contributed by atoms with van der Waals surface area (Å²) in [5.41, 5.74) is 1.64. The maximum absolute atomic E-state index is 13.4. The highest BCUT2D eigenvalue weighted by Crippen LogP contribution is 2.30. The molecule has 134 valence electrons. The van der Waals surface area contributed by atoms with E-state index in [-0.39, 0.29) is 5.95 Å². The van der Waals surface area contributed by atoms with E-state index in [1.54, 1.807) is 38.3 Å². The molecule has 0 fully saturated rings. The number of aromatic nitrogens is 2. The smallest absolute Gasteiger partial charge is 0.229 e. The standard InChI is InChI=1S/C18H15ClF2N4O/c1-10-7-17(24-15-8-11(19)3-6-16(15)26-2)25-18(22-10)23-12-4-5-13(20)14(21)9-12/h3-9H,1-2H3,(H2,22,23,24,25). The molecule has 3 aromatic rings. The molecule has 3 rings (SSSR count). The number of hydrogen-bond acceptors (Lipinski definition) is 5. The van der Waals surface area contributed by atoms with Crippen molar-refractivity contribution in [3.8, 4) is 5.75 Å². The minimum Gasteiger partial charge on any atom is -0.495 e. The third-order valence-corrected chi connectivity index (χ3v) is 3.69. The van der Waals surface area contributed by atoms with Gasteiger partial charge in [0.05, 0.1) is 12.8 Å². The molecule has 0 unspecified atom stereocenters. The molecule has 2 aromatic carbocycles. The number of rotatable bonds is 5. The Morgan fingerprint density at radius 2 is 1.77 bits per heavy atom. The Morgan fingerprint density at radius 1 is 0.962 bits per heavy atom. The van der Waals surface area contributed by atoms with Gasteiger partial charge in [0.25, 0.3) is 0 Å². The molecule has 0 radical (unpaired) electrons. The first-order valence-electron chi connectivity index (χ1n) is 7.63. The topological polar surface area (TPSA) is 59.1 Å². The third kappa shape index (κ3) is 4.18. The van der Waals surface area contributed by atoms with Crippen LogP contribution in [0.25, 0.3) is 0 Å². The van der Waals surface area contributed by atoms with Gasteiger partial charge in [-0.25, -0.2) is 13.8 Å². The molecule has 0 aliphatic heterocycles. The predicted octanol–water partition coefficient (Wildman–Crippen LogP) is 5.21. The number of anilines is 4. The van der Waals surface area contributed by atoms with Crippen LogP contribution in [-0.4, -0.2) is 17.1 Å². The SMILES string of the molecule is COc1ccc(Cl)cc1Nc1cc(C)nc(Nc2ccc(F)c(F)c2)n1. The van der Waals surface area contributed by atoms with Gasteiger partial charge in [-0.05, 0) is 37.3 Å². The lowest BCUT2D eigenvalue weighted by atomic mass is 10.3. The van der Waals surface area contributed by atoms with Gasteiger partial charge in [0.1, 0.15) is 11.6 Å². The van der Waals surface area contributed by atoms with Crippen LogP contribution in [0, 0.1) is 18.6 Å². The van der Waals surface area contributed by atoms with E-state index >= 15 is 0 Å². The van der Waals surface area contributed by atoms with E-state index < -0.39 is 11.6 Å². The van der Waals surface area contributed by atoms with Crippen molar-refractivity contribution in [1.29, 1.82) is 0 Å². The molecule has 1 aromatic heterocycles. The van der Waals surface area contributed by atoms with Gasteiger partial charge >= 0.3 is 0 Å². The van der Waals surface area contributed by atoms with Crippen molar-refractivity contribution in [2.75, 3.05) is 17.7 Å². The molecule has 0 aliphatic carbocycles. The van der Waals surface area contributed by atoms with Crippen molar-refractivity contribution in [1.82, 2.24) is 9.97 Å². The van der Waals surface area contributed by atoms with Crippen LogP contribution >= 0.6 is 11.6 Å². The largest absolute Gasteiger partial charge is 0.495 e. The fraction of sp³-hybridized carbons (Fsp3) is 0.111. The van der Waals surface area contributed by atoms with Crippen LogP contribution in [0.15, 0.2) is 42.5 Å². The Kier molecular flexibility index (Phi) is 5.18. The lowest BCUT2D eigenvalue weighted by Gasteiger charge is -2.13. The highest BCUT2D eigenvalue weighted by molar-refractivity contribution is 6.31. The maximum Gasteiger partial charge on any atom is 0.229 e. The summed E-state index contributed by atoms with van der Waals surface area (Å²) in [6, 6.07) is 10.4. The maximum atomic E-state index is 13.4. The van der Waals surface area contributed by atoms with E-state index in [0.717, 1.165) is 12.1 Å². The minimum absolute atomic E-state index is 0.236. The zero-order valence-electron chi connectivity index (χ0n) is 14.0. The van der Waals surface area contributed by atoms with Gasteiger partial charge in [0.15, 0.2) is 11.6 Å². The summed E-state index contributed by atoms with van der Waals surface area (Å²) < 4.78 is 31.7. The second-order valence-electron chi connectivity index (χ2n) is 5.44. The van der Waals surface area contributed by atoms with E-state index in [1.807, 2.05) is 0 Å². The quantitative estimate of drug-likeness (QED) is 0.640. The van der Waals surface area contributed by atoms with Crippen molar-refractivity contribution < 1.29 is 13.5 Å². The second kappa shape index (κ2) is 7.53. The first-order valence-corrected chi connectivity index (χ1v) is 8.01. The highest BCUT2D eigenvalue weighted by Gasteiger charge is 2.09. The van der Waals surface area contributed by atoms with Crippen molar-refractivity contribution in [2.45, 2.75) is 6.92 Å². The number of hydrogen-bond donors (Lipinski definition) is 2. The van der Waals surface area contributed by atoms with Crippen LogP contribution < -0.4 is 15.4 Å². The third-order valence-electron chi connectivity index (χ3n) is 3.45. The normalized spacial score (nSPS) is 10.5. The summed E-state index contributed by atoms with van der Waals surface area (Å²) in [7, 11) is 1.55. The summed E-state index contributed by atoms with van der Waals surface area (Å²) in [6.07, 6.45) is 0. The average Bonchev–Trinajstić information content (AvgIpc) is 2.58. The Morgan fingerprint density at radius 3 is 2.50 bits per heavy atom. The van der Waals surface area contributed by atoms with Gasteiger partial charge in [0.2, 0.25) is 5.95 Å². The van der Waals surface area contributed by atoms with Gasteiger partial charge in [-0.2, -0.15) is 4.98 Å². The Bertz CT molecular complexity index is 952. The van der Waals surface area contributed by atoms with Gasteiger partial charge < -0.3 is 15.4 Å². The van der Waals surface area contributed by atoms with Crippen LogP contribution in [0.2, 0.25) is 5.02 Å². The van der Waals surface area contributed by atoms with Gasteiger partial charge in [0, 0.05) is 28.5 Å². The van der Waals surface area contributed by atoms with Crippen LogP contribution in [-0.2, 0) is 0 Å². The molecule has 0 bridgehead atoms. The van der Waals surface area contributed by atoms with Crippen LogP contribution in [0.3, 0.4) is 0 Å². The molecule has 0 aliphatic rings. The Hall–Kier alpha value is -2.93. The average molecular weight is 377 g/mol. The summed E-state index contributed by atoms with van der Waals surface area (Å²) in [4.78, 5) is 8.58. The number of benzene rings is 2. The molecule has 1 heterocycles. The molecule has 5 nitrogen and oxygen atoms in total. The van der Waals surface area contributed by atoms with Crippen molar-refractivity contribution in [2.24, 2.45) is 0 Å². The van der Waals surface area contributed by atoms with Gasteiger partial charge in [-0.3, -0.25) is 0 Å². The lowest BCUT2D eigenvalue weighted by molar-refractivity contribution is 0.417. The highest BCUT2D eigenvalue weighted by atomic mass is 35.5. The molecule has 0 saturated heterocycles. The number of methoxy groups -OCH3 is 1. The van der Waals surface area contributed by atoms with E-state index in [9.17, 15) is 8.78 Å². The minimum atomic E-state index is -0.954. The Balaban J connectivity index is 1.88. The van der Waals surface area contributed by atoms with E-state index in [1.165, 1.54) is 6.07 Å². The lowest BCUT2D eigenvalue weighted by Crippen LogP contribution is -2.03. The summed E-state index contributed by atoms with van der Waals surface area (Å²) in [5, 5.41) is 6.51. The number of nitrogens with zero attached hydrogens (tertiary/aromatic N) is 2. The van der Waals surface area contributed by atoms with Gasteiger partial charge in [-0.15, -0.1) is 0 Å². The van der Waals surface area contributed by atoms with Gasteiger partial charge in [-0.1, -0.05) is 11.6 Å². The van der Waals surface area contributed by atoms with Crippen molar-refractivity contribution in [3.05, 3.63) is 64.8 Å². The number of halogens is 3. The van der Waals surface area contributed by atoms with Crippen molar-refractivity contribution >= 4 is 34.7 Å². The number of ether oxygens (including phenoxy) is 1. The monoisotopic (exact) mass is 376 g/mol. The van der Waals surface area contributed by atoms with Crippen molar-refractivity contribution in [3.63, 3.8) is 0 Å². The number of nitrogens with one attached hydrogen (secondary N) is 2. The molecular weight excluding hydrogens is 362 g/mol. The summed E-state index contributed by atoms with van der Waals surface area (Å²) in [5.74, 6) is -0.552.